The van der Waals surface area contributed by atoms with Crippen molar-refractivity contribution >= 4 is 16.9 Å². The largest absolute Gasteiger partial charge is 0.459 e. The van der Waals surface area contributed by atoms with Crippen LogP contribution < -0.4 is 5.32 Å². The Morgan fingerprint density at radius 1 is 1.35 bits per heavy atom. The fraction of sp³-hybridized carbons (Fsp3) is 0.550. The van der Waals surface area contributed by atoms with Crippen LogP contribution in [0.25, 0.3) is 11.0 Å². The molecule has 6 heteroatoms. The number of furan rings is 1. The van der Waals surface area contributed by atoms with Gasteiger partial charge in [-0.3, -0.25) is 4.99 Å². The highest BCUT2D eigenvalue weighted by atomic mass is 19.1. The molecule has 3 rings (SSSR count). The normalized spacial score (nSPS) is 16.2. The summed E-state index contributed by atoms with van der Waals surface area (Å²) in [4.78, 5) is 6.52. The van der Waals surface area contributed by atoms with Gasteiger partial charge in [-0.25, -0.2) is 4.39 Å². The number of halogens is 1. The molecule has 0 bridgehead atoms. The maximum absolute atomic E-state index is 13.4. The van der Waals surface area contributed by atoms with E-state index in [4.69, 9.17) is 9.15 Å². The van der Waals surface area contributed by atoms with Gasteiger partial charge in [-0.2, -0.15) is 0 Å². The second-order valence-corrected chi connectivity index (χ2v) is 6.96. The third-order valence-electron chi connectivity index (χ3n) is 5.19. The second-order valence-electron chi connectivity index (χ2n) is 6.96. The highest BCUT2D eigenvalue weighted by Gasteiger charge is 2.16. The van der Waals surface area contributed by atoms with E-state index < -0.39 is 0 Å². The maximum Gasteiger partial charge on any atom is 0.193 e. The molecule has 0 radical (unpaired) electrons. The molecular weight excluding hydrogens is 333 g/mol. The van der Waals surface area contributed by atoms with Crippen molar-refractivity contribution in [2.24, 2.45) is 10.9 Å². The monoisotopic (exact) mass is 361 g/mol. The lowest BCUT2D eigenvalue weighted by molar-refractivity contribution is 0.0625. The van der Waals surface area contributed by atoms with Gasteiger partial charge >= 0.3 is 0 Å². The third kappa shape index (κ3) is 4.36. The SMILES string of the molecule is CN=C(NCc1oc2ccc(F)cc2c1C)N(C)CCC1CCOCC1. The fourth-order valence-electron chi connectivity index (χ4n) is 3.47. The molecular formula is C20H28FN3O2. The van der Waals surface area contributed by atoms with Crippen LogP contribution in [-0.2, 0) is 11.3 Å². The van der Waals surface area contributed by atoms with Crippen LogP contribution in [0.3, 0.4) is 0 Å². The molecule has 1 aromatic carbocycles. The predicted molar refractivity (Wildman–Crippen MR) is 102 cm³/mol. The Hall–Kier alpha value is -2.08. The number of aryl methyl sites for hydroxylation is 1. The lowest BCUT2D eigenvalue weighted by atomic mass is 9.96. The molecule has 1 saturated heterocycles. The molecule has 0 unspecified atom stereocenters. The zero-order chi connectivity index (χ0) is 18.5. The molecule has 1 fully saturated rings. The van der Waals surface area contributed by atoms with Gasteiger partial charge in [0.05, 0.1) is 6.54 Å². The molecule has 1 aliphatic heterocycles. The number of benzene rings is 1. The quantitative estimate of drug-likeness (QED) is 0.652. The van der Waals surface area contributed by atoms with Crippen molar-refractivity contribution < 1.29 is 13.5 Å². The molecule has 0 aliphatic carbocycles. The van der Waals surface area contributed by atoms with Crippen molar-refractivity contribution in [1.82, 2.24) is 10.2 Å². The zero-order valence-electron chi connectivity index (χ0n) is 15.8. The van der Waals surface area contributed by atoms with Gasteiger partial charge in [-0.15, -0.1) is 0 Å². The summed E-state index contributed by atoms with van der Waals surface area (Å²) in [6.07, 6.45) is 3.44. The first-order chi connectivity index (χ1) is 12.6. The van der Waals surface area contributed by atoms with Crippen LogP contribution in [-0.4, -0.2) is 44.7 Å². The summed E-state index contributed by atoms with van der Waals surface area (Å²) in [7, 11) is 3.84. The Morgan fingerprint density at radius 3 is 2.85 bits per heavy atom. The summed E-state index contributed by atoms with van der Waals surface area (Å²) >= 11 is 0. The van der Waals surface area contributed by atoms with Crippen LogP contribution in [0.1, 0.15) is 30.6 Å². The topological polar surface area (TPSA) is 50.0 Å². The van der Waals surface area contributed by atoms with Gasteiger partial charge < -0.3 is 19.4 Å². The molecule has 0 amide bonds. The van der Waals surface area contributed by atoms with E-state index in [-0.39, 0.29) is 5.82 Å². The van der Waals surface area contributed by atoms with Gasteiger partial charge in [0, 0.05) is 44.8 Å². The number of nitrogens with one attached hydrogen (secondary N) is 1. The first-order valence-corrected chi connectivity index (χ1v) is 9.25. The molecule has 142 valence electrons. The van der Waals surface area contributed by atoms with Gasteiger partial charge in [0.1, 0.15) is 17.2 Å². The summed E-state index contributed by atoms with van der Waals surface area (Å²) in [5.41, 5.74) is 1.68. The number of hydrogen-bond acceptors (Lipinski definition) is 3. The number of guanidine groups is 1. The van der Waals surface area contributed by atoms with Crippen molar-refractivity contribution in [2.45, 2.75) is 32.7 Å². The number of fused-ring (bicyclic) bond motifs is 1. The molecule has 0 atom stereocenters. The first kappa shape index (κ1) is 18.7. The van der Waals surface area contributed by atoms with E-state index in [2.05, 4.69) is 22.3 Å². The lowest BCUT2D eigenvalue weighted by Crippen LogP contribution is -2.39. The van der Waals surface area contributed by atoms with E-state index >= 15 is 0 Å². The summed E-state index contributed by atoms with van der Waals surface area (Å²) in [5.74, 6) is 2.13. The van der Waals surface area contributed by atoms with E-state index in [9.17, 15) is 4.39 Å². The fourth-order valence-corrected chi connectivity index (χ4v) is 3.47. The minimum absolute atomic E-state index is 0.246. The van der Waals surface area contributed by atoms with Gasteiger partial charge in [0.15, 0.2) is 5.96 Å². The van der Waals surface area contributed by atoms with Crippen LogP contribution >= 0.6 is 0 Å². The Morgan fingerprint density at radius 2 is 2.12 bits per heavy atom. The molecule has 2 heterocycles. The number of nitrogens with zero attached hydrogens (tertiary/aromatic N) is 2. The second kappa shape index (κ2) is 8.54. The van der Waals surface area contributed by atoms with E-state index in [1.165, 1.54) is 12.1 Å². The number of rotatable bonds is 5. The Labute approximate surface area is 154 Å². The highest BCUT2D eigenvalue weighted by molar-refractivity contribution is 5.83. The number of aliphatic imine (C=N–C) groups is 1. The van der Waals surface area contributed by atoms with Crippen LogP contribution in [0.5, 0.6) is 0 Å². The smallest absolute Gasteiger partial charge is 0.193 e. The third-order valence-corrected chi connectivity index (χ3v) is 5.19. The molecule has 1 N–H and O–H groups in total. The lowest BCUT2D eigenvalue weighted by Gasteiger charge is -2.26. The Kier molecular flexibility index (Phi) is 6.14. The summed E-state index contributed by atoms with van der Waals surface area (Å²) < 4.78 is 24.7. The molecule has 0 saturated carbocycles. The average Bonchev–Trinajstić information content (AvgIpc) is 2.97. The van der Waals surface area contributed by atoms with Gasteiger partial charge in [-0.05, 0) is 50.3 Å². The summed E-state index contributed by atoms with van der Waals surface area (Å²) in [5, 5.41) is 4.18. The average molecular weight is 361 g/mol. The van der Waals surface area contributed by atoms with Crippen LogP contribution in [0, 0.1) is 18.7 Å². The molecule has 0 spiro atoms. The first-order valence-electron chi connectivity index (χ1n) is 9.25. The maximum atomic E-state index is 13.4. The van der Waals surface area contributed by atoms with Crippen LogP contribution in [0.4, 0.5) is 4.39 Å². The van der Waals surface area contributed by atoms with Gasteiger partial charge in [0.25, 0.3) is 0 Å². The van der Waals surface area contributed by atoms with E-state index in [0.29, 0.717) is 12.1 Å². The Bertz CT molecular complexity index is 766. The number of hydrogen-bond donors (Lipinski definition) is 1. The van der Waals surface area contributed by atoms with Crippen molar-refractivity contribution in [3.8, 4) is 0 Å². The van der Waals surface area contributed by atoms with Crippen molar-refractivity contribution in [1.29, 1.82) is 0 Å². The molecule has 1 aromatic heterocycles. The van der Waals surface area contributed by atoms with Crippen molar-refractivity contribution in [3.63, 3.8) is 0 Å². The number of ether oxygens (including phenoxy) is 1. The minimum atomic E-state index is -0.246. The van der Waals surface area contributed by atoms with E-state index in [0.717, 1.165) is 67.6 Å². The van der Waals surface area contributed by atoms with Gasteiger partial charge in [0.2, 0.25) is 0 Å². The highest BCUT2D eigenvalue weighted by Crippen LogP contribution is 2.26. The summed E-state index contributed by atoms with van der Waals surface area (Å²) in [6, 6.07) is 4.62. The van der Waals surface area contributed by atoms with Crippen LogP contribution in [0.15, 0.2) is 27.6 Å². The zero-order valence-corrected chi connectivity index (χ0v) is 15.8. The standard InChI is InChI=1S/C20H28FN3O2/c1-14-17-12-16(21)4-5-18(17)26-19(14)13-23-20(22-2)24(3)9-6-15-7-10-25-11-8-15/h4-5,12,15H,6-11,13H2,1-3H3,(H,22,23). The summed E-state index contributed by atoms with van der Waals surface area (Å²) in [6.45, 7) is 5.20. The Balaban J connectivity index is 1.57. The van der Waals surface area contributed by atoms with Crippen molar-refractivity contribution in [3.05, 3.63) is 35.3 Å². The van der Waals surface area contributed by atoms with Crippen molar-refractivity contribution in [2.75, 3.05) is 33.9 Å². The van der Waals surface area contributed by atoms with Crippen LogP contribution in [0.2, 0.25) is 0 Å². The van der Waals surface area contributed by atoms with E-state index in [1.54, 1.807) is 13.1 Å². The molecule has 2 aromatic rings. The van der Waals surface area contributed by atoms with E-state index in [1.807, 2.05) is 6.92 Å². The molecule has 1 aliphatic rings. The molecule has 26 heavy (non-hydrogen) atoms. The predicted octanol–water partition coefficient (Wildman–Crippen LogP) is 3.70. The van der Waals surface area contributed by atoms with Gasteiger partial charge in [-0.1, -0.05) is 0 Å². The minimum Gasteiger partial charge on any atom is -0.459 e. The molecule has 5 nitrogen and oxygen atoms in total.